The van der Waals surface area contributed by atoms with Crippen molar-refractivity contribution in [2.75, 3.05) is 5.73 Å². The van der Waals surface area contributed by atoms with Crippen molar-refractivity contribution in [3.05, 3.63) is 60.7 Å². The molecule has 0 aliphatic carbocycles. The van der Waals surface area contributed by atoms with E-state index in [-0.39, 0.29) is 0 Å². The van der Waals surface area contributed by atoms with Crippen molar-refractivity contribution in [2.24, 2.45) is 0 Å². The Labute approximate surface area is 130 Å². The molecular weight excluding hydrogens is 296 g/mol. The summed E-state index contributed by atoms with van der Waals surface area (Å²) in [7, 11) is 0. The Kier molecular flexibility index (Phi) is 2.98. The Balaban J connectivity index is 1.84. The Bertz CT molecular complexity index is 874. The van der Waals surface area contributed by atoms with Gasteiger partial charge in [0.15, 0.2) is 0 Å². The van der Waals surface area contributed by atoms with E-state index in [4.69, 9.17) is 10.7 Å². The summed E-state index contributed by atoms with van der Waals surface area (Å²) >= 11 is 3.31. The van der Waals surface area contributed by atoms with Gasteiger partial charge in [0.25, 0.3) is 0 Å². The molecule has 21 heavy (non-hydrogen) atoms. The molecule has 2 nitrogen and oxygen atoms in total. The van der Waals surface area contributed by atoms with E-state index >= 15 is 0 Å². The summed E-state index contributed by atoms with van der Waals surface area (Å²) in [6.07, 6.45) is 0. The van der Waals surface area contributed by atoms with Crippen LogP contribution in [-0.4, -0.2) is 4.98 Å². The van der Waals surface area contributed by atoms with Gasteiger partial charge in [0.1, 0.15) is 5.01 Å². The van der Waals surface area contributed by atoms with Gasteiger partial charge in [0.2, 0.25) is 0 Å². The van der Waals surface area contributed by atoms with Crippen molar-refractivity contribution in [3.8, 4) is 21.0 Å². The Morgan fingerprint density at radius 1 is 0.857 bits per heavy atom. The van der Waals surface area contributed by atoms with Crippen molar-refractivity contribution in [2.45, 2.75) is 0 Å². The van der Waals surface area contributed by atoms with E-state index in [1.807, 2.05) is 36.4 Å². The molecule has 4 heteroatoms. The van der Waals surface area contributed by atoms with Crippen molar-refractivity contribution in [1.82, 2.24) is 4.98 Å². The molecule has 0 amide bonds. The Hall–Kier alpha value is -2.17. The van der Waals surface area contributed by atoms with Gasteiger partial charge in [-0.1, -0.05) is 42.5 Å². The number of aromatic nitrogens is 1. The predicted octanol–water partition coefficient (Wildman–Crippen LogP) is 5.27. The molecule has 0 aliphatic rings. The van der Waals surface area contributed by atoms with Crippen molar-refractivity contribution >= 4 is 37.9 Å². The summed E-state index contributed by atoms with van der Waals surface area (Å²) in [5.74, 6) is 0. The van der Waals surface area contributed by atoms with Gasteiger partial charge in [-0.3, -0.25) is 0 Å². The SMILES string of the molecule is Nc1sc(-c2ccccc2)cc1-c1nc2ccccc2s1. The first-order valence-corrected chi connectivity index (χ1v) is 8.25. The number of anilines is 1. The maximum absolute atomic E-state index is 6.22. The molecule has 2 N–H and O–H groups in total. The summed E-state index contributed by atoms with van der Waals surface area (Å²) < 4.78 is 1.19. The van der Waals surface area contributed by atoms with E-state index < -0.39 is 0 Å². The molecule has 0 unspecified atom stereocenters. The number of fused-ring (bicyclic) bond motifs is 1. The van der Waals surface area contributed by atoms with E-state index in [1.165, 1.54) is 15.1 Å². The molecule has 102 valence electrons. The highest BCUT2D eigenvalue weighted by atomic mass is 32.1. The summed E-state index contributed by atoms with van der Waals surface area (Å²) in [5, 5.41) is 1.82. The fraction of sp³-hybridized carbons (Fsp3) is 0. The van der Waals surface area contributed by atoms with Gasteiger partial charge in [-0.05, 0) is 23.8 Å². The number of nitrogen functional groups attached to an aromatic ring is 1. The van der Waals surface area contributed by atoms with Crippen LogP contribution in [0.25, 0.3) is 31.2 Å². The highest BCUT2D eigenvalue weighted by Crippen LogP contribution is 2.41. The van der Waals surface area contributed by atoms with Gasteiger partial charge in [0, 0.05) is 10.4 Å². The molecule has 0 saturated heterocycles. The minimum absolute atomic E-state index is 0.827. The molecule has 0 saturated carbocycles. The van der Waals surface area contributed by atoms with Crippen LogP contribution in [0.15, 0.2) is 60.7 Å². The van der Waals surface area contributed by atoms with Crippen molar-refractivity contribution in [3.63, 3.8) is 0 Å². The third-order valence-electron chi connectivity index (χ3n) is 3.34. The van der Waals surface area contributed by atoms with Gasteiger partial charge >= 0.3 is 0 Å². The number of thiazole rings is 1. The van der Waals surface area contributed by atoms with Crippen LogP contribution in [0, 0.1) is 0 Å². The second-order valence-corrected chi connectivity index (χ2v) is 6.86. The van der Waals surface area contributed by atoms with E-state index in [2.05, 4.69) is 24.3 Å². The second kappa shape index (κ2) is 4.98. The number of hydrogen-bond acceptors (Lipinski definition) is 4. The molecule has 0 spiro atoms. The normalized spacial score (nSPS) is 11.0. The number of nitrogens with two attached hydrogens (primary N) is 1. The van der Waals surface area contributed by atoms with Crippen LogP contribution < -0.4 is 5.73 Å². The first-order chi connectivity index (χ1) is 10.3. The zero-order valence-corrected chi connectivity index (χ0v) is 12.7. The predicted molar refractivity (Wildman–Crippen MR) is 92.8 cm³/mol. The molecular formula is C17H12N2S2. The molecule has 4 rings (SSSR count). The average molecular weight is 308 g/mol. The van der Waals surface area contributed by atoms with Crippen LogP contribution in [-0.2, 0) is 0 Å². The Morgan fingerprint density at radius 3 is 2.43 bits per heavy atom. The highest BCUT2D eigenvalue weighted by Gasteiger charge is 2.13. The van der Waals surface area contributed by atoms with Crippen LogP contribution in [0.1, 0.15) is 0 Å². The fourth-order valence-electron chi connectivity index (χ4n) is 2.30. The van der Waals surface area contributed by atoms with Gasteiger partial charge in [-0.2, -0.15) is 0 Å². The second-order valence-electron chi connectivity index (χ2n) is 4.74. The quantitative estimate of drug-likeness (QED) is 0.547. The lowest BCUT2D eigenvalue weighted by Crippen LogP contribution is -1.81. The zero-order chi connectivity index (χ0) is 14.2. The van der Waals surface area contributed by atoms with Crippen molar-refractivity contribution < 1.29 is 0 Å². The van der Waals surface area contributed by atoms with Gasteiger partial charge in [0.05, 0.1) is 15.2 Å². The molecule has 2 heterocycles. The fourth-order valence-corrected chi connectivity index (χ4v) is 4.30. The minimum atomic E-state index is 0.827. The van der Waals surface area contributed by atoms with Gasteiger partial charge in [-0.15, -0.1) is 22.7 Å². The first kappa shape index (κ1) is 12.6. The third-order valence-corrected chi connectivity index (χ3v) is 5.43. The highest BCUT2D eigenvalue weighted by molar-refractivity contribution is 7.23. The largest absolute Gasteiger partial charge is 0.390 e. The molecule has 0 aliphatic heterocycles. The zero-order valence-electron chi connectivity index (χ0n) is 11.1. The van der Waals surface area contributed by atoms with Crippen LogP contribution >= 0.6 is 22.7 Å². The maximum Gasteiger partial charge on any atom is 0.127 e. The molecule has 0 radical (unpaired) electrons. The standard InChI is InChI=1S/C17H12N2S2/c18-16-12(10-15(20-16)11-6-2-1-3-7-11)17-19-13-8-4-5-9-14(13)21-17/h1-10H,18H2. The lowest BCUT2D eigenvalue weighted by molar-refractivity contribution is 1.49. The summed E-state index contributed by atoms with van der Waals surface area (Å²) in [6.45, 7) is 0. The number of hydrogen-bond donors (Lipinski definition) is 1. The lowest BCUT2D eigenvalue weighted by Gasteiger charge is -1.94. The van der Waals surface area contributed by atoms with Gasteiger partial charge in [-0.25, -0.2) is 4.98 Å². The number of benzene rings is 2. The van der Waals surface area contributed by atoms with E-state index in [0.29, 0.717) is 0 Å². The van der Waals surface area contributed by atoms with E-state index in [1.54, 1.807) is 22.7 Å². The summed E-state index contributed by atoms with van der Waals surface area (Å²) in [5.41, 5.74) is 9.49. The number of nitrogens with zero attached hydrogens (tertiary/aromatic N) is 1. The average Bonchev–Trinajstić information content (AvgIpc) is 3.11. The first-order valence-electron chi connectivity index (χ1n) is 6.62. The number of para-hydroxylation sites is 1. The van der Waals surface area contributed by atoms with Crippen LogP contribution in [0.3, 0.4) is 0 Å². The van der Waals surface area contributed by atoms with Gasteiger partial charge < -0.3 is 5.73 Å². The lowest BCUT2D eigenvalue weighted by atomic mass is 10.2. The Morgan fingerprint density at radius 2 is 1.62 bits per heavy atom. The smallest absolute Gasteiger partial charge is 0.127 e. The maximum atomic E-state index is 6.22. The monoisotopic (exact) mass is 308 g/mol. The van der Waals surface area contributed by atoms with E-state index in [9.17, 15) is 0 Å². The van der Waals surface area contributed by atoms with Crippen molar-refractivity contribution in [1.29, 1.82) is 0 Å². The summed E-state index contributed by atoms with van der Waals surface area (Å²) in [6, 6.07) is 20.6. The minimum Gasteiger partial charge on any atom is -0.390 e. The van der Waals surface area contributed by atoms with Crippen LogP contribution in [0.2, 0.25) is 0 Å². The molecule has 2 aromatic carbocycles. The number of thiophene rings is 1. The summed E-state index contributed by atoms with van der Waals surface area (Å²) in [4.78, 5) is 5.88. The number of rotatable bonds is 2. The molecule has 0 atom stereocenters. The molecule has 2 aromatic heterocycles. The van der Waals surface area contributed by atoms with E-state index in [0.717, 1.165) is 21.1 Å². The van der Waals surface area contributed by atoms with Crippen LogP contribution in [0.4, 0.5) is 5.00 Å². The molecule has 0 bridgehead atoms. The molecule has 4 aromatic rings. The molecule has 0 fully saturated rings. The van der Waals surface area contributed by atoms with Crippen LogP contribution in [0.5, 0.6) is 0 Å². The third kappa shape index (κ3) is 2.22. The topological polar surface area (TPSA) is 38.9 Å².